The molecule has 1 aliphatic heterocycles. The number of para-hydroxylation sites is 1. The van der Waals surface area contributed by atoms with Crippen LogP contribution in [0.1, 0.15) is 22.9 Å². The largest absolute Gasteiger partial charge is 0.459 e. The van der Waals surface area contributed by atoms with Crippen LogP contribution in [0, 0.1) is 11.3 Å². The summed E-state index contributed by atoms with van der Waals surface area (Å²) in [5.74, 6) is -7.65. The number of aromatic nitrogens is 4. The number of allylic oxidation sites excluding steroid dienone is 1. The van der Waals surface area contributed by atoms with Crippen molar-refractivity contribution in [2.75, 3.05) is 0 Å². The van der Waals surface area contributed by atoms with E-state index in [4.69, 9.17) is 10.5 Å². The number of hydrogen-bond acceptors (Lipinski definition) is 5. The van der Waals surface area contributed by atoms with Crippen molar-refractivity contribution in [3.8, 4) is 17.6 Å². The molecule has 7 nitrogen and oxygen atoms in total. The Morgan fingerprint density at radius 2 is 1.77 bits per heavy atom. The second-order valence-corrected chi connectivity index (χ2v) is 6.73. The average molecular weight is 436 g/mol. The van der Waals surface area contributed by atoms with Gasteiger partial charge in [-0.3, -0.25) is 4.68 Å². The number of nitriles is 1. The normalized spacial score (nSPS) is 16.6. The number of rotatable bonds is 3. The molecule has 0 saturated carbocycles. The third-order valence-corrected chi connectivity index (χ3v) is 4.73. The third kappa shape index (κ3) is 3.09. The van der Waals surface area contributed by atoms with Crippen LogP contribution in [-0.2, 0) is 13.0 Å². The van der Waals surface area contributed by atoms with E-state index in [9.17, 15) is 27.2 Å². The molecule has 160 valence electrons. The molecule has 12 heteroatoms. The molecule has 0 saturated heterocycles. The zero-order valence-electron chi connectivity index (χ0n) is 15.7. The van der Waals surface area contributed by atoms with E-state index in [1.807, 2.05) is 0 Å². The molecular formula is C19H13F5N6O. The van der Waals surface area contributed by atoms with Gasteiger partial charge >= 0.3 is 12.1 Å². The van der Waals surface area contributed by atoms with Crippen LogP contribution in [0.15, 0.2) is 54.1 Å². The van der Waals surface area contributed by atoms with Gasteiger partial charge in [-0.1, -0.05) is 18.2 Å². The van der Waals surface area contributed by atoms with E-state index in [0.29, 0.717) is 0 Å². The highest BCUT2D eigenvalue weighted by atomic mass is 19.4. The highest BCUT2D eigenvalue weighted by molar-refractivity contribution is 5.57. The summed E-state index contributed by atoms with van der Waals surface area (Å²) in [6.07, 6.45) is -4.48. The maximum absolute atomic E-state index is 14.6. The van der Waals surface area contributed by atoms with Crippen molar-refractivity contribution in [1.82, 2.24) is 19.6 Å². The summed E-state index contributed by atoms with van der Waals surface area (Å²) < 4.78 is 76.7. The maximum Gasteiger partial charge on any atom is 0.459 e. The van der Waals surface area contributed by atoms with Gasteiger partial charge in [0.25, 0.3) is 0 Å². The van der Waals surface area contributed by atoms with E-state index >= 15 is 0 Å². The van der Waals surface area contributed by atoms with Crippen molar-refractivity contribution in [1.29, 1.82) is 5.26 Å². The van der Waals surface area contributed by atoms with Crippen molar-refractivity contribution >= 4 is 0 Å². The van der Waals surface area contributed by atoms with Gasteiger partial charge in [-0.25, -0.2) is 0 Å². The van der Waals surface area contributed by atoms with Crippen LogP contribution < -0.4 is 10.5 Å². The van der Waals surface area contributed by atoms with E-state index in [1.165, 1.54) is 36.1 Å². The molecule has 0 radical (unpaired) electrons. The number of benzene rings is 1. The van der Waals surface area contributed by atoms with Crippen LogP contribution in [-0.4, -0.2) is 25.7 Å². The van der Waals surface area contributed by atoms with E-state index in [0.717, 1.165) is 4.68 Å². The lowest BCUT2D eigenvalue weighted by atomic mass is 9.86. The first-order valence-corrected chi connectivity index (χ1v) is 8.76. The number of nitrogens with two attached hydrogens (primary N) is 1. The van der Waals surface area contributed by atoms with E-state index < -0.39 is 41.0 Å². The molecule has 3 heterocycles. The van der Waals surface area contributed by atoms with Crippen LogP contribution >= 0.6 is 0 Å². The number of halogens is 5. The van der Waals surface area contributed by atoms with Gasteiger partial charge in [0.05, 0.1) is 22.9 Å². The van der Waals surface area contributed by atoms with Crippen molar-refractivity contribution in [3.05, 3.63) is 71.0 Å². The first-order valence-electron chi connectivity index (χ1n) is 8.76. The number of alkyl halides is 5. The first kappa shape index (κ1) is 20.4. The second-order valence-electron chi connectivity index (χ2n) is 6.73. The van der Waals surface area contributed by atoms with Gasteiger partial charge in [0.2, 0.25) is 11.8 Å². The van der Waals surface area contributed by atoms with E-state index in [-0.39, 0.29) is 17.0 Å². The summed E-state index contributed by atoms with van der Waals surface area (Å²) >= 11 is 0. The lowest BCUT2D eigenvalue weighted by Crippen LogP contribution is -2.36. The molecule has 2 aromatic heterocycles. The van der Waals surface area contributed by atoms with E-state index in [2.05, 4.69) is 10.2 Å². The predicted molar refractivity (Wildman–Crippen MR) is 96.0 cm³/mol. The molecule has 3 aromatic rings. The second kappa shape index (κ2) is 6.83. The average Bonchev–Trinajstić information content (AvgIpc) is 3.30. The highest BCUT2D eigenvalue weighted by Gasteiger charge is 2.63. The third-order valence-electron chi connectivity index (χ3n) is 4.73. The Labute approximate surface area is 171 Å². The number of ether oxygens (including phenoxy) is 1. The Morgan fingerprint density at radius 3 is 2.32 bits per heavy atom. The fourth-order valence-electron chi connectivity index (χ4n) is 3.33. The van der Waals surface area contributed by atoms with Crippen LogP contribution in [0.25, 0.3) is 5.69 Å². The summed E-state index contributed by atoms with van der Waals surface area (Å²) in [5.41, 5.74) is 3.48. The summed E-state index contributed by atoms with van der Waals surface area (Å²) in [5, 5.41) is 17.2. The predicted octanol–water partition coefficient (Wildman–Crippen LogP) is 3.48. The summed E-state index contributed by atoms with van der Waals surface area (Å²) in [6, 6.07) is 10.7. The fraction of sp³-hybridized carbons (Fsp3) is 0.211. The van der Waals surface area contributed by atoms with Gasteiger partial charge < -0.3 is 10.5 Å². The Kier molecular flexibility index (Phi) is 4.49. The maximum atomic E-state index is 14.6. The lowest BCUT2D eigenvalue weighted by Gasteiger charge is -2.25. The van der Waals surface area contributed by atoms with Gasteiger partial charge in [0.1, 0.15) is 17.3 Å². The molecule has 0 amide bonds. The first-order chi connectivity index (χ1) is 14.6. The summed E-state index contributed by atoms with van der Waals surface area (Å²) in [4.78, 5) is 0. The minimum atomic E-state index is -5.94. The Hall–Kier alpha value is -3.88. The standard InChI is InChI=1S/C19H13F5N6O/c1-29-8-7-12(27-29)13-11(9-25)16(26)31-17-14(13)15(18(20,21)19(22,23)24)28-30(17)10-5-3-2-4-6-10/h2-8,13H,26H2,1H3/t13-/m1/s1. The molecule has 1 aliphatic rings. The lowest BCUT2D eigenvalue weighted by molar-refractivity contribution is -0.291. The van der Waals surface area contributed by atoms with E-state index in [1.54, 1.807) is 24.3 Å². The molecule has 2 N–H and O–H groups in total. The zero-order valence-corrected chi connectivity index (χ0v) is 15.7. The molecule has 1 atom stereocenters. The quantitative estimate of drug-likeness (QED) is 0.635. The Bertz CT molecular complexity index is 1220. The number of hydrogen-bond donors (Lipinski definition) is 1. The van der Waals surface area contributed by atoms with Crippen molar-refractivity contribution in [3.63, 3.8) is 0 Å². The molecule has 0 bridgehead atoms. The van der Waals surface area contributed by atoms with Gasteiger partial charge in [-0.15, -0.1) is 0 Å². The molecule has 0 fully saturated rings. The van der Waals surface area contributed by atoms with Gasteiger partial charge in [-0.05, 0) is 18.2 Å². The molecule has 0 unspecified atom stereocenters. The van der Waals surface area contributed by atoms with Crippen molar-refractivity contribution in [2.45, 2.75) is 18.0 Å². The van der Waals surface area contributed by atoms with Gasteiger partial charge in [0, 0.05) is 13.2 Å². The molecule has 0 aliphatic carbocycles. The minimum absolute atomic E-state index is 0.0402. The highest BCUT2D eigenvalue weighted by Crippen LogP contribution is 2.52. The molecule has 4 rings (SSSR count). The topological polar surface area (TPSA) is 94.7 Å². The fourth-order valence-corrected chi connectivity index (χ4v) is 3.33. The van der Waals surface area contributed by atoms with Gasteiger partial charge in [-0.2, -0.15) is 42.1 Å². The summed E-state index contributed by atoms with van der Waals surface area (Å²) in [7, 11) is 1.53. The zero-order chi connectivity index (χ0) is 22.6. The SMILES string of the molecule is Cn1ccc([C@H]2C(C#N)=C(N)Oc3c2c(C(F)(F)C(F)(F)F)nn3-c2ccccc2)n1. The Morgan fingerprint density at radius 1 is 1.10 bits per heavy atom. The Balaban J connectivity index is 2.08. The molecule has 0 spiro atoms. The molecule has 1 aromatic carbocycles. The molecule has 31 heavy (non-hydrogen) atoms. The van der Waals surface area contributed by atoms with Crippen LogP contribution in [0.5, 0.6) is 5.88 Å². The number of aryl methyl sites for hydroxylation is 1. The number of fused-ring (bicyclic) bond motifs is 1. The molecular weight excluding hydrogens is 423 g/mol. The smallest absolute Gasteiger partial charge is 0.422 e. The van der Waals surface area contributed by atoms with Crippen LogP contribution in [0.3, 0.4) is 0 Å². The summed E-state index contributed by atoms with van der Waals surface area (Å²) in [6.45, 7) is 0. The van der Waals surface area contributed by atoms with Gasteiger partial charge in [0.15, 0.2) is 0 Å². The monoisotopic (exact) mass is 436 g/mol. The number of nitrogens with zero attached hydrogens (tertiary/aromatic N) is 5. The minimum Gasteiger partial charge on any atom is -0.422 e. The van der Waals surface area contributed by atoms with Crippen LogP contribution in [0.4, 0.5) is 22.0 Å². The van der Waals surface area contributed by atoms with Crippen molar-refractivity contribution in [2.24, 2.45) is 12.8 Å². The van der Waals surface area contributed by atoms with Crippen molar-refractivity contribution < 1.29 is 26.7 Å². The van der Waals surface area contributed by atoms with Crippen LogP contribution in [0.2, 0.25) is 0 Å².